The lowest BCUT2D eigenvalue weighted by Gasteiger charge is -2.41. The van der Waals surface area contributed by atoms with Crippen LogP contribution in [0.2, 0.25) is 0 Å². The molecule has 1 aromatic heterocycles. The first-order chi connectivity index (χ1) is 16.1. The summed E-state index contributed by atoms with van der Waals surface area (Å²) in [5, 5.41) is 0. The van der Waals surface area contributed by atoms with Gasteiger partial charge in [0.1, 0.15) is 0 Å². The number of aromatic nitrogens is 1. The number of rotatable bonds is 5. The van der Waals surface area contributed by atoms with Crippen molar-refractivity contribution < 1.29 is 14.3 Å². The Morgan fingerprint density at radius 3 is 2.79 bits per heavy atom. The molecule has 6 heteroatoms. The Labute approximate surface area is 194 Å². The molecule has 1 saturated carbocycles. The normalized spacial score (nSPS) is 22.6. The monoisotopic (exact) mass is 445 g/mol. The van der Waals surface area contributed by atoms with Gasteiger partial charge >= 0.3 is 0 Å². The molecule has 172 valence electrons. The summed E-state index contributed by atoms with van der Waals surface area (Å²) in [5.41, 5.74) is 6.81. The number of pyridine rings is 1. The van der Waals surface area contributed by atoms with Gasteiger partial charge in [-0.3, -0.25) is 14.6 Å². The fraction of sp³-hybridized carbons (Fsp3) is 0.519. The molecule has 2 aliphatic carbocycles. The van der Waals surface area contributed by atoms with E-state index in [0.717, 1.165) is 73.7 Å². The maximum absolute atomic E-state index is 13.4. The highest BCUT2D eigenvalue weighted by Gasteiger charge is 2.38. The smallest absolute Gasteiger partial charge is 0.230 e. The maximum atomic E-state index is 13.4. The van der Waals surface area contributed by atoms with Gasteiger partial charge in [-0.2, -0.15) is 0 Å². The minimum atomic E-state index is -0.105. The van der Waals surface area contributed by atoms with Crippen molar-refractivity contribution >= 4 is 17.5 Å². The van der Waals surface area contributed by atoms with Gasteiger partial charge in [-0.05, 0) is 78.8 Å². The van der Waals surface area contributed by atoms with E-state index in [0.29, 0.717) is 6.42 Å². The maximum Gasteiger partial charge on any atom is 0.230 e. The largest absolute Gasteiger partial charge is 0.374 e. The van der Waals surface area contributed by atoms with Crippen molar-refractivity contribution in [1.29, 1.82) is 0 Å². The summed E-state index contributed by atoms with van der Waals surface area (Å²) < 4.78 is 5.94. The molecule has 33 heavy (non-hydrogen) atoms. The van der Waals surface area contributed by atoms with Gasteiger partial charge in [0.05, 0.1) is 12.0 Å². The van der Waals surface area contributed by atoms with Gasteiger partial charge in [0.25, 0.3) is 0 Å². The molecule has 4 aliphatic rings. The van der Waals surface area contributed by atoms with Crippen LogP contribution in [0.25, 0.3) is 11.1 Å². The average molecular weight is 446 g/mol. The van der Waals surface area contributed by atoms with Crippen LogP contribution in [-0.4, -0.2) is 54.5 Å². The Kier molecular flexibility index (Phi) is 5.21. The van der Waals surface area contributed by atoms with E-state index in [1.165, 1.54) is 24.0 Å². The minimum absolute atomic E-state index is 0.105. The van der Waals surface area contributed by atoms with Crippen molar-refractivity contribution in [2.24, 2.45) is 5.92 Å². The summed E-state index contributed by atoms with van der Waals surface area (Å²) in [4.78, 5) is 33.7. The van der Waals surface area contributed by atoms with Crippen LogP contribution in [0.15, 0.2) is 30.6 Å². The fourth-order valence-electron chi connectivity index (χ4n) is 5.55. The van der Waals surface area contributed by atoms with Gasteiger partial charge < -0.3 is 14.5 Å². The molecule has 3 heterocycles. The van der Waals surface area contributed by atoms with Crippen LogP contribution >= 0.6 is 0 Å². The Morgan fingerprint density at radius 1 is 1.12 bits per heavy atom. The highest BCUT2D eigenvalue weighted by molar-refractivity contribution is 5.96. The van der Waals surface area contributed by atoms with Crippen molar-refractivity contribution in [3.8, 4) is 11.1 Å². The lowest BCUT2D eigenvalue weighted by Crippen LogP contribution is -2.56. The zero-order chi connectivity index (χ0) is 22.5. The molecule has 1 atom stereocenters. The number of aryl methyl sites for hydroxylation is 1. The van der Waals surface area contributed by atoms with E-state index in [9.17, 15) is 9.59 Å². The van der Waals surface area contributed by atoms with E-state index in [4.69, 9.17) is 4.74 Å². The van der Waals surface area contributed by atoms with Crippen molar-refractivity contribution in [2.75, 3.05) is 31.6 Å². The van der Waals surface area contributed by atoms with Crippen molar-refractivity contribution in [3.63, 3.8) is 0 Å². The summed E-state index contributed by atoms with van der Waals surface area (Å²) in [7, 11) is 1.85. The Hall–Kier alpha value is -2.73. The van der Waals surface area contributed by atoms with E-state index >= 15 is 0 Å². The van der Waals surface area contributed by atoms with Crippen molar-refractivity contribution in [2.45, 2.75) is 57.0 Å². The van der Waals surface area contributed by atoms with Crippen LogP contribution in [0.5, 0.6) is 0 Å². The number of carbonyl (C=O) groups is 2. The van der Waals surface area contributed by atoms with Crippen molar-refractivity contribution in [1.82, 2.24) is 9.88 Å². The van der Waals surface area contributed by atoms with E-state index in [-0.39, 0.29) is 23.8 Å². The van der Waals surface area contributed by atoms with Crippen LogP contribution in [0.1, 0.15) is 54.7 Å². The van der Waals surface area contributed by atoms with Gasteiger partial charge in [-0.25, -0.2) is 0 Å². The van der Waals surface area contributed by atoms with Crippen LogP contribution < -0.4 is 4.90 Å². The van der Waals surface area contributed by atoms with E-state index in [2.05, 4.69) is 23.2 Å². The highest BCUT2D eigenvalue weighted by atomic mass is 16.5. The van der Waals surface area contributed by atoms with Gasteiger partial charge in [0, 0.05) is 56.8 Å². The lowest BCUT2D eigenvalue weighted by atomic mass is 9.79. The summed E-state index contributed by atoms with van der Waals surface area (Å²) in [5.74, 6) is 1.05. The first kappa shape index (κ1) is 20.8. The molecule has 0 bridgehead atoms. The number of likely N-dealkylation sites (tertiary alicyclic amines) is 1. The number of ether oxygens (including phenoxy) is 1. The Morgan fingerprint density at radius 2 is 1.97 bits per heavy atom. The number of hydrogen-bond donors (Lipinski definition) is 0. The predicted octanol–water partition coefficient (Wildman–Crippen LogP) is 3.71. The molecule has 0 radical (unpaired) electrons. The van der Waals surface area contributed by atoms with E-state index in [1.54, 1.807) is 4.90 Å². The zero-order valence-electron chi connectivity index (χ0n) is 19.3. The topological polar surface area (TPSA) is 62.7 Å². The number of benzene rings is 1. The number of nitrogens with zero attached hydrogens (tertiary/aromatic N) is 3. The SMILES string of the molecule is CN1C(=O)CCc2cc(-c3cncc4c3CCCC4C(=O)N3CC(OCC4CC4)C3)ccc21. The number of fused-ring (bicyclic) bond motifs is 2. The number of carbonyl (C=O) groups excluding carboxylic acids is 2. The lowest BCUT2D eigenvalue weighted by molar-refractivity contribution is -0.147. The summed E-state index contributed by atoms with van der Waals surface area (Å²) in [6, 6.07) is 6.35. The molecule has 1 saturated heterocycles. The summed E-state index contributed by atoms with van der Waals surface area (Å²) >= 11 is 0. The molecule has 0 spiro atoms. The van der Waals surface area contributed by atoms with Crippen LogP contribution in [-0.2, 0) is 27.2 Å². The Balaban J connectivity index is 1.22. The summed E-state index contributed by atoms with van der Waals surface area (Å²) in [6.45, 7) is 2.31. The van der Waals surface area contributed by atoms with E-state index in [1.807, 2.05) is 24.3 Å². The second-order valence-corrected chi connectivity index (χ2v) is 10.1. The molecule has 0 N–H and O–H groups in total. The van der Waals surface area contributed by atoms with Crippen LogP contribution in [0.4, 0.5) is 5.69 Å². The highest BCUT2D eigenvalue weighted by Crippen LogP contribution is 2.40. The predicted molar refractivity (Wildman–Crippen MR) is 126 cm³/mol. The van der Waals surface area contributed by atoms with Crippen LogP contribution in [0, 0.1) is 5.92 Å². The first-order valence-electron chi connectivity index (χ1n) is 12.4. The number of hydrogen-bond acceptors (Lipinski definition) is 4. The molecular weight excluding hydrogens is 414 g/mol. The van der Waals surface area contributed by atoms with Crippen LogP contribution in [0.3, 0.4) is 0 Å². The standard InChI is InChI=1S/C27H31N3O3/c1-29-25-9-7-18(11-19(25)8-10-26(29)31)23-12-28-13-24-21(23)3-2-4-22(24)27(32)30-14-20(15-30)33-16-17-5-6-17/h7,9,11-13,17,20,22H,2-6,8,10,14-16H2,1H3. The van der Waals surface area contributed by atoms with Gasteiger partial charge in [-0.15, -0.1) is 0 Å². The second kappa shape index (κ2) is 8.24. The third-order valence-electron chi connectivity index (χ3n) is 7.84. The third kappa shape index (κ3) is 3.84. The summed E-state index contributed by atoms with van der Waals surface area (Å²) in [6.07, 6.45) is 10.8. The molecule has 2 aromatic rings. The van der Waals surface area contributed by atoms with E-state index < -0.39 is 0 Å². The molecular formula is C27H31N3O3. The third-order valence-corrected chi connectivity index (χ3v) is 7.84. The molecule has 6 nitrogen and oxygen atoms in total. The fourth-order valence-corrected chi connectivity index (χ4v) is 5.55. The molecule has 1 unspecified atom stereocenters. The zero-order valence-corrected chi connectivity index (χ0v) is 19.3. The quantitative estimate of drug-likeness (QED) is 0.704. The molecule has 6 rings (SSSR count). The minimum Gasteiger partial charge on any atom is -0.374 e. The molecule has 1 aromatic carbocycles. The van der Waals surface area contributed by atoms with Gasteiger partial charge in [0.2, 0.25) is 11.8 Å². The molecule has 2 amide bonds. The number of amides is 2. The second-order valence-electron chi connectivity index (χ2n) is 10.1. The van der Waals surface area contributed by atoms with Crippen molar-refractivity contribution in [3.05, 3.63) is 47.3 Å². The Bertz CT molecular complexity index is 1100. The van der Waals surface area contributed by atoms with Gasteiger partial charge in [0.15, 0.2) is 0 Å². The van der Waals surface area contributed by atoms with Gasteiger partial charge in [-0.1, -0.05) is 6.07 Å². The molecule has 2 fully saturated rings. The molecule has 2 aliphatic heterocycles. The number of anilines is 1. The first-order valence-corrected chi connectivity index (χ1v) is 12.4. The average Bonchev–Trinajstić information content (AvgIpc) is 3.64.